The number of hydrogen-bond acceptors (Lipinski definition) is 2. The van der Waals surface area contributed by atoms with Gasteiger partial charge >= 0.3 is 0 Å². The van der Waals surface area contributed by atoms with E-state index in [1.54, 1.807) is 0 Å². The highest BCUT2D eigenvalue weighted by molar-refractivity contribution is 6.08. The Balaban J connectivity index is 1.66. The minimum absolute atomic E-state index is 0.0514. The summed E-state index contributed by atoms with van der Waals surface area (Å²) in [6.45, 7) is 4.65. The van der Waals surface area contributed by atoms with Crippen LogP contribution >= 0.6 is 0 Å². The van der Waals surface area contributed by atoms with Crippen LogP contribution in [0.5, 0.6) is 0 Å². The van der Waals surface area contributed by atoms with Crippen LogP contribution in [0.1, 0.15) is 34.1 Å². The molecule has 3 aromatic rings. The number of carbonyl (C=O) groups is 2. The second-order valence-corrected chi connectivity index (χ2v) is 6.77. The molecule has 0 fully saturated rings. The molecule has 5 nitrogen and oxygen atoms in total. The fourth-order valence-corrected chi connectivity index (χ4v) is 3.80. The van der Waals surface area contributed by atoms with E-state index in [2.05, 4.69) is 10.3 Å². The quantitative estimate of drug-likeness (QED) is 0.743. The van der Waals surface area contributed by atoms with Crippen molar-refractivity contribution >= 4 is 28.4 Å². The van der Waals surface area contributed by atoms with Gasteiger partial charge in [0, 0.05) is 42.3 Å². The molecule has 0 radical (unpaired) electrons. The number of para-hydroxylation sites is 1. The lowest BCUT2D eigenvalue weighted by Crippen LogP contribution is -2.36. The SMILES string of the molecule is CC(=O)Nc1cccc2c1CCN(C(=O)c1c(C)[nH]c3ccccc13)C2. The van der Waals surface area contributed by atoms with Crippen LogP contribution in [0.15, 0.2) is 42.5 Å². The van der Waals surface area contributed by atoms with Gasteiger partial charge in [-0.2, -0.15) is 0 Å². The Hall–Kier alpha value is -3.08. The molecule has 2 heterocycles. The van der Waals surface area contributed by atoms with E-state index < -0.39 is 0 Å². The molecule has 4 rings (SSSR count). The zero-order valence-electron chi connectivity index (χ0n) is 14.9. The Morgan fingerprint density at radius 2 is 1.92 bits per heavy atom. The molecule has 2 amide bonds. The summed E-state index contributed by atoms with van der Waals surface area (Å²) < 4.78 is 0. The summed E-state index contributed by atoms with van der Waals surface area (Å²) in [5.74, 6) is -0.0261. The second-order valence-electron chi connectivity index (χ2n) is 6.77. The summed E-state index contributed by atoms with van der Waals surface area (Å²) >= 11 is 0. The fourth-order valence-electron chi connectivity index (χ4n) is 3.80. The van der Waals surface area contributed by atoms with Crippen molar-refractivity contribution < 1.29 is 9.59 Å². The Morgan fingerprint density at radius 1 is 1.12 bits per heavy atom. The Morgan fingerprint density at radius 3 is 2.73 bits per heavy atom. The van der Waals surface area contributed by atoms with Gasteiger partial charge in [0.05, 0.1) is 5.56 Å². The first-order valence-electron chi connectivity index (χ1n) is 8.79. The van der Waals surface area contributed by atoms with Crippen LogP contribution in [0, 0.1) is 6.92 Å². The Kier molecular flexibility index (Phi) is 3.99. The topological polar surface area (TPSA) is 65.2 Å². The van der Waals surface area contributed by atoms with Crippen molar-refractivity contribution in [2.75, 3.05) is 11.9 Å². The maximum absolute atomic E-state index is 13.2. The second kappa shape index (κ2) is 6.33. The highest BCUT2D eigenvalue weighted by atomic mass is 16.2. The fraction of sp³-hybridized carbons (Fsp3) is 0.238. The van der Waals surface area contributed by atoms with Crippen LogP contribution in [0.2, 0.25) is 0 Å². The number of hydrogen-bond donors (Lipinski definition) is 2. The summed E-state index contributed by atoms with van der Waals surface area (Å²) in [6, 6.07) is 13.8. The minimum atomic E-state index is -0.0775. The summed E-state index contributed by atoms with van der Waals surface area (Å²) in [4.78, 5) is 29.8. The predicted octanol–water partition coefficient (Wildman–Crippen LogP) is 3.63. The lowest BCUT2D eigenvalue weighted by molar-refractivity contribution is -0.114. The first kappa shape index (κ1) is 16.4. The number of benzene rings is 2. The normalized spacial score (nSPS) is 13.5. The van der Waals surface area contributed by atoms with Crippen molar-refractivity contribution in [3.8, 4) is 0 Å². The molecule has 0 saturated heterocycles. The number of aromatic nitrogens is 1. The van der Waals surface area contributed by atoms with Gasteiger partial charge in [-0.15, -0.1) is 0 Å². The van der Waals surface area contributed by atoms with E-state index in [0.717, 1.165) is 45.4 Å². The standard InChI is InChI=1S/C21H21N3O2/c1-13-20(17-7-3-4-8-19(17)22-13)21(26)24-11-10-16-15(12-24)6-5-9-18(16)23-14(2)25/h3-9,22H,10-12H2,1-2H3,(H,23,25). The third-order valence-electron chi connectivity index (χ3n) is 4.97. The lowest BCUT2D eigenvalue weighted by atomic mass is 9.96. The summed E-state index contributed by atoms with van der Waals surface area (Å²) in [6.07, 6.45) is 0.735. The van der Waals surface area contributed by atoms with E-state index in [4.69, 9.17) is 0 Å². The minimum Gasteiger partial charge on any atom is -0.358 e. The molecule has 26 heavy (non-hydrogen) atoms. The van der Waals surface area contributed by atoms with Gasteiger partial charge in [-0.1, -0.05) is 30.3 Å². The predicted molar refractivity (Wildman–Crippen MR) is 102 cm³/mol. The third-order valence-corrected chi connectivity index (χ3v) is 4.97. The molecule has 0 saturated carbocycles. The van der Waals surface area contributed by atoms with Crippen molar-refractivity contribution in [2.24, 2.45) is 0 Å². The van der Waals surface area contributed by atoms with Crippen molar-refractivity contribution in [2.45, 2.75) is 26.8 Å². The summed E-state index contributed by atoms with van der Waals surface area (Å²) in [5, 5.41) is 3.86. The number of nitrogens with zero attached hydrogens (tertiary/aromatic N) is 1. The van der Waals surface area contributed by atoms with Gasteiger partial charge in [-0.3, -0.25) is 9.59 Å². The van der Waals surface area contributed by atoms with Gasteiger partial charge in [0.15, 0.2) is 0 Å². The Bertz CT molecular complexity index is 1020. The number of anilines is 1. The summed E-state index contributed by atoms with van der Waals surface area (Å²) in [5.41, 5.74) is 5.70. The largest absolute Gasteiger partial charge is 0.358 e. The van der Waals surface area contributed by atoms with E-state index in [1.807, 2.05) is 54.3 Å². The molecule has 1 aliphatic heterocycles. The molecular formula is C21H21N3O2. The molecule has 0 unspecified atom stereocenters. The van der Waals surface area contributed by atoms with Crippen LogP contribution in [-0.2, 0) is 17.8 Å². The van der Waals surface area contributed by atoms with Crippen molar-refractivity contribution in [3.05, 3.63) is 64.8 Å². The smallest absolute Gasteiger partial charge is 0.256 e. The van der Waals surface area contributed by atoms with Crippen molar-refractivity contribution in [3.63, 3.8) is 0 Å². The van der Waals surface area contributed by atoms with Gasteiger partial charge < -0.3 is 15.2 Å². The van der Waals surface area contributed by atoms with E-state index in [1.165, 1.54) is 6.92 Å². The molecule has 0 aliphatic carbocycles. The number of aryl methyl sites for hydroxylation is 1. The van der Waals surface area contributed by atoms with Crippen LogP contribution in [0.4, 0.5) is 5.69 Å². The van der Waals surface area contributed by atoms with E-state index in [-0.39, 0.29) is 11.8 Å². The molecule has 2 N–H and O–H groups in total. The molecule has 0 bridgehead atoms. The molecule has 0 atom stereocenters. The zero-order chi connectivity index (χ0) is 18.3. The van der Waals surface area contributed by atoms with Gasteiger partial charge in [0.25, 0.3) is 5.91 Å². The lowest BCUT2D eigenvalue weighted by Gasteiger charge is -2.30. The highest BCUT2D eigenvalue weighted by Gasteiger charge is 2.26. The molecule has 0 spiro atoms. The molecule has 2 aromatic carbocycles. The maximum Gasteiger partial charge on any atom is 0.256 e. The van der Waals surface area contributed by atoms with Gasteiger partial charge in [-0.25, -0.2) is 0 Å². The van der Waals surface area contributed by atoms with E-state index in [0.29, 0.717) is 13.1 Å². The van der Waals surface area contributed by atoms with Crippen LogP contribution in [0.25, 0.3) is 10.9 Å². The zero-order valence-corrected chi connectivity index (χ0v) is 14.9. The van der Waals surface area contributed by atoms with Crippen molar-refractivity contribution in [1.82, 2.24) is 9.88 Å². The van der Waals surface area contributed by atoms with Crippen LogP contribution in [0.3, 0.4) is 0 Å². The molecule has 1 aromatic heterocycles. The van der Waals surface area contributed by atoms with Crippen molar-refractivity contribution in [1.29, 1.82) is 0 Å². The number of aromatic amines is 1. The maximum atomic E-state index is 13.2. The average Bonchev–Trinajstić information content (AvgIpc) is 2.96. The number of nitrogens with one attached hydrogen (secondary N) is 2. The number of fused-ring (bicyclic) bond motifs is 2. The highest BCUT2D eigenvalue weighted by Crippen LogP contribution is 2.29. The first-order chi connectivity index (χ1) is 12.5. The van der Waals surface area contributed by atoms with Gasteiger partial charge in [0.1, 0.15) is 0 Å². The first-order valence-corrected chi connectivity index (χ1v) is 8.79. The van der Waals surface area contributed by atoms with Crippen LogP contribution in [-0.4, -0.2) is 28.2 Å². The van der Waals surface area contributed by atoms with Crippen LogP contribution < -0.4 is 5.32 Å². The van der Waals surface area contributed by atoms with E-state index in [9.17, 15) is 9.59 Å². The number of rotatable bonds is 2. The molecule has 1 aliphatic rings. The number of amides is 2. The summed E-state index contributed by atoms with van der Waals surface area (Å²) in [7, 11) is 0. The van der Waals surface area contributed by atoms with E-state index >= 15 is 0 Å². The molecule has 132 valence electrons. The molecular weight excluding hydrogens is 326 g/mol. The molecule has 5 heteroatoms. The number of H-pyrrole nitrogens is 1. The monoisotopic (exact) mass is 347 g/mol. The van der Waals surface area contributed by atoms with Gasteiger partial charge in [0.2, 0.25) is 5.91 Å². The number of carbonyl (C=O) groups excluding carboxylic acids is 2. The third kappa shape index (κ3) is 2.75. The van der Waals surface area contributed by atoms with Gasteiger partial charge in [-0.05, 0) is 36.6 Å². The Labute approximate surface area is 152 Å². The average molecular weight is 347 g/mol.